The molecule has 2 rings (SSSR count). The van der Waals surface area contributed by atoms with Gasteiger partial charge >= 0.3 is 11.9 Å². The van der Waals surface area contributed by atoms with Gasteiger partial charge in [-0.05, 0) is 5.21 Å². The second-order valence-corrected chi connectivity index (χ2v) is 2.66. The van der Waals surface area contributed by atoms with Crippen molar-refractivity contribution >= 4 is 17.9 Å². The van der Waals surface area contributed by atoms with Gasteiger partial charge in [-0.25, -0.2) is 9.89 Å². The Morgan fingerprint density at radius 3 is 2.83 bits per heavy atom. The summed E-state index contributed by atoms with van der Waals surface area (Å²) < 4.78 is 0. The summed E-state index contributed by atoms with van der Waals surface area (Å²) in [5.74, 6) is -1.40. The highest BCUT2D eigenvalue weighted by molar-refractivity contribution is 5.73. The zero-order chi connectivity index (χ0) is 12.8. The van der Waals surface area contributed by atoms with Gasteiger partial charge < -0.3 is 5.11 Å². The molecule has 3 N–H and O–H groups in total. The van der Waals surface area contributed by atoms with E-state index in [0.717, 1.165) is 0 Å². The third-order valence-corrected chi connectivity index (χ3v) is 1.48. The molecule has 1 unspecified atom stereocenters. The summed E-state index contributed by atoms with van der Waals surface area (Å²) in [4.78, 5) is 14.4. The fraction of sp³-hybridized carbons (Fsp3) is 0.200. The number of rotatable bonds is 5. The molecule has 0 aromatic carbocycles. The molecule has 0 saturated heterocycles. The maximum Gasteiger partial charge on any atom is 0.355 e. The van der Waals surface area contributed by atoms with Crippen molar-refractivity contribution in [2.24, 2.45) is 20.5 Å². The number of aliphatic carboxylic acids is 1. The van der Waals surface area contributed by atoms with Crippen LogP contribution in [0.3, 0.4) is 0 Å². The van der Waals surface area contributed by atoms with Crippen LogP contribution in [0.2, 0.25) is 0 Å². The average Bonchev–Trinajstić information content (AvgIpc) is 3.00. The van der Waals surface area contributed by atoms with Crippen LogP contribution in [-0.2, 0) is 4.79 Å². The summed E-state index contributed by atoms with van der Waals surface area (Å²) in [7, 11) is 0. The van der Waals surface area contributed by atoms with E-state index in [1.54, 1.807) is 0 Å². The minimum absolute atomic E-state index is 0.0519. The van der Waals surface area contributed by atoms with Gasteiger partial charge in [0.25, 0.3) is 12.1 Å². The lowest BCUT2D eigenvalue weighted by Gasteiger charge is -1.95. The number of aromatic nitrogens is 7. The molecule has 0 aliphatic heterocycles. The normalized spacial score (nSPS) is 13.3. The highest BCUT2D eigenvalue weighted by atomic mass is 16.4. The highest BCUT2D eigenvalue weighted by Crippen LogP contribution is 2.06. The molecule has 2 aromatic heterocycles. The Bertz CT molecular complexity index is 498. The largest absolute Gasteiger partial charge is 0.478 e. The van der Waals surface area contributed by atoms with Gasteiger partial charge in [0.15, 0.2) is 0 Å². The van der Waals surface area contributed by atoms with Crippen molar-refractivity contribution in [1.82, 2.24) is 35.8 Å². The number of hydrogen-bond acceptors (Lipinski definition) is 10. The van der Waals surface area contributed by atoms with Crippen molar-refractivity contribution in [3.63, 3.8) is 0 Å². The van der Waals surface area contributed by atoms with Crippen LogP contribution in [-0.4, -0.2) is 53.0 Å². The van der Waals surface area contributed by atoms with Crippen molar-refractivity contribution < 1.29 is 9.90 Å². The van der Waals surface area contributed by atoms with Crippen LogP contribution in [0.5, 0.6) is 0 Å². The van der Waals surface area contributed by atoms with Gasteiger partial charge in [0, 0.05) is 0 Å². The van der Waals surface area contributed by atoms with Crippen molar-refractivity contribution in [3.05, 3.63) is 6.33 Å². The summed E-state index contributed by atoms with van der Waals surface area (Å²) in [5, 5.41) is 40.6. The lowest BCUT2D eigenvalue weighted by Crippen LogP contribution is -2.13. The predicted molar refractivity (Wildman–Crippen MR) is 51.0 cm³/mol. The van der Waals surface area contributed by atoms with Crippen molar-refractivity contribution in [2.75, 3.05) is 0 Å². The second kappa shape index (κ2) is 5.28. The summed E-state index contributed by atoms with van der Waals surface area (Å²) >= 11 is 0. The minimum Gasteiger partial charge on any atom is -0.478 e. The van der Waals surface area contributed by atoms with E-state index in [4.69, 9.17) is 5.11 Å². The van der Waals surface area contributed by atoms with E-state index in [9.17, 15) is 4.79 Å². The van der Waals surface area contributed by atoms with Crippen LogP contribution >= 0.6 is 0 Å². The average molecular weight is 251 g/mol. The van der Waals surface area contributed by atoms with Crippen LogP contribution in [0, 0.1) is 0 Å². The molecule has 18 heavy (non-hydrogen) atoms. The molecule has 1 atom stereocenters. The Labute approximate surface area is 97.5 Å². The third kappa shape index (κ3) is 2.94. The Morgan fingerprint density at radius 2 is 2.22 bits per heavy atom. The highest BCUT2D eigenvalue weighted by Gasteiger charge is 2.15. The molecule has 0 aliphatic carbocycles. The standard InChI is InChI=1S/C5H5N11O2/c17-3(18)2(8-11-4-6-1-7-10-4)9-12-5-13-15-16-14-5/h1-2H,(H,17,18)(H,6,7,10)(H,13,14,15,16)/b11-8-,12-9-. The van der Waals surface area contributed by atoms with E-state index in [1.165, 1.54) is 6.33 Å². The number of carbonyl (C=O) groups is 1. The summed E-state index contributed by atoms with van der Waals surface area (Å²) in [6.07, 6.45) is -0.334. The molecular weight excluding hydrogens is 246 g/mol. The number of hydrogen-bond donors (Lipinski definition) is 3. The first-order chi connectivity index (χ1) is 8.75. The zero-order valence-corrected chi connectivity index (χ0v) is 8.54. The maximum absolute atomic E-state index is 10.8. The molecule has 13 heteroatoms. The van der Waals surface area contributed by atoms with Gasteiger partial charge in [0.1, 0.15) is 6.33 Å². The fourth-order valence-corrected chi connectivity index (χ4v) is 0.784. The first kappa shape index (κ1) is 11.4. The number of carboxylic acid groups (broad SMARTS) is 1. The Balaban J connectivity index is 2.07. The molecule has 13 nitrogen and oxygen atoms in total. The summed E-state index contributed by atoms with van der Waals surface area (Å²) in [5.41, 5.74) is 0. The lowest BCUT2D eigenvalue weighted by atomic mass is 10.6. The first-order valence-electron chi connectivity index (χ1n) is 4.39. The molecule has 2 aromatic rings. The van der Waals surface area contributed by atoms with Crippen molar-refractivity contribution in [3.8, 4) is 0 Å². The van der Waals surface area contributed by atoms with Crippen LogP contribution in [0.15, 0.2) is 26.8 Å². The predicted octanol–water partition coefficient (Wildman–Crippen LogP) is -0.404. The molecule has 0 spiro atoms. The monoisotopic (exact) mass is 251 g/mol. The molecule has 0 aliphatic rings. The zero-order valence-electron chi connectivity index (χ0n) is 8.54. The summed E-state index contributed by atoms with van der Waals surface area (Å²) in [6, 6.07) is 0. The van der Waals surface area contributed by atoms with Gasteiger partial charge in [-0.1, -0.05) is 5.10 Å². The van der Waals surface area contributed by atoms with Gasteiger partial charge in [-0.15, -0.1) is 25.6 Å². The molecule has 0 amide bonds. The molecule has 0 saturated carbocycles. The van der Waals surface area contributed by atoms with E-state index in [2.05, 4.69) is 56.3 Å². The second-order valence-electron chi connectivity index (χ2n) is 2.66. The third-order valence-electron chi connectivity index (χ3n) is 1.48. The number of carboxylic acids is 1. The smallest absolute Gasteiger partial charge is 0.355 e. The Morgan fingerprint density at radius 1 is 1.39 bits per heavy atom. The van der Waals surface area contributed by atoms with Crippen LogP contribution < -0.4 is 0 Å². The quantitative estimate of drug-likeness (QED) is 0.603. The topological polar surface area (TPSA) is 183 Å². The number of tetrazole rings is 1. The molecule has 0 radical (unpaired) electrons. The number of nitrogens with one attached hydrogen (secondary N) is 2. The van der Waals surface area contributed by atoms with Gasteiger partial charge in [0.05, 0.1) is 0 Å². The lowest BCUT2D eigenvalue weighted by molar-refractivity contribution is -0.138. The fourth-order valence-electron chi connectivity index (χ4n) is 0.784. The van der Waals surface area contributed by atoms with E-state index in [1.807, 2.05) is 0 Å². The number of H-pyrrole nitrogens is 2. The molecule has 0 bridgehead atoms. The molecular formula is C5H5N11O2. The minimum atomic E-state index is -1.53. The molecule has 0 fully saturated rings. The van der Waals surface area contributed by atoms with Gasteiger partial charge in [-0.2, -0.15) is 15.3 Å². The van der Waals surface area contributed by atoms with Crippen molar-refractivity contribution in [2.45, 2.75) is 6.17 Å². The van der Waals surface area contributed by atoms with Crippen molar-refractivity contribution in [1.29, 1.82) is 0 Å². The van der Waals surface area contributed by atoms with Gasteiger partial charge in [-0.3, -0.25) is 0 Å². The Hall–Kier alpha value is -3.12. The first-order valence-corrected chi connectivity index (χ1v) is 4.39. The van der Waals surface area contributed by atoms with E-state index < -0.39 is 12.1 Å². The van der Waals surface area contributed by atoms with E-state index in [-0.39, 0.29) is 11.9 Å². The van der Waals surface area contributed by atoms with Crippen LogP contribution in [0.4, 0.5) is 11.9 Å². The summed E-state index contributed by atoms with van der Waals surface area (Å²) in [6.45, 7) is 0. The molecule has 92 valence electrons. The molecule has 2 heterocycles. The Kier molecular flexibility index (Phi) is 3.34. The number of nitrogens with zero attached hydrogens (tertiary/aromatic N) is 9. The number of aromatic amines is 2. The van der Waals surface area contributed by atoms with Crippen LogP contribution in [0.25, 0.3) is 0 Å². The van der Waals surface area contributed by atoms with E-state index >= 15 is 0 Å². The van der Waals surface area contributed by atoms with Gasteiger partial charge in [0.2, 0.25) is 0 Å². The SMILES string of the molecule is O=C(O)C(/N=N\c1nn[nH]n1)/N=N\c1ncn[nH]1. The van der Waals surface area contributed by atoms with E-state index in [0.29, 0.717) is 0 Å². The number of azo groups is 2. The van der Waals surface area contributed by atoms with Crippen LogP contribution in [0.1, 0.15) is 0 Å². The maximum atomic E-state index is 10.8.